The van der Waals surface area contributed by atoms with Gasteiger partial charge in [0, 0.05) is 0 Å². The van der Waals surface area contributed by atoms with Gasteiger partial charge in [-0.1, -0.05) is 50.0 Å². The molecule has 0 atom stereocenters. The lowest BCUT2D eigenvalue weighted by Crippen LogP contribution is -2.29. The van der Waals surface area contributed by atoms with Gasteiger partial charge >= 0.3 is 0 Å². The Hall–Kier alpha value is -1.02. The SMILES string of the molecule is C[Si](C)(C)/C(N)=C/c1ccccc1. The summed E-state index contributed by atoms with van der Waals surface area (Å²) >= 11 is 0. The van der Waals surface area contributed by atoms with Gasteiger partial charge in [-0.3, -0.25) is 0 Å². The van der Waals surface area contributed by atoms with Gasteiger partial charge in [0.2, 0.25) is 0 Å². The summed E-state index contributed by atoms with van der Waals surface area (Å²) in [6.45, 7) is 6.76. The molecule has 2 N–H and O–H groups in total. The fourth-order valence-corrected chi connectivity index (χ4v) is 1.55. The van der Waals surface area contributed by atoms with Crippen LogP contribution in [0.2, 0.25) is 19.6 Å². The van der Waals surface area contributed by atoms with E-state index in [0.717, 1.165) is 5.32 Å². The van der Waals surface area contributed by atoms with Crippen molar-refractivity contribution in [2.45, 2.75) is 19.6 Å². The zero-order chi connectivity index (χ0) is 9.90. The van der Waals surface area contributed by atoms with Crippen molar-refractivity contribution in [1.82, 2.24) is 0 Å². The molecule has 0 aromatic heterocycles. The highest BCUT2D eigenvalue weighted by Gasteiger charge is 2.15. The van der Waals surface area contributed by atoms with Gasteiger partial charge in [-0.2, -0.15) is 0 Å². The molecule has 1 rings (SSSR count). The van der Waals surface area contributed by atoms with Crippen LogP contribution in [0, 0.1) is 0 Å². The molecule has 0 bridgehead atoms. The first kappa shape index (κ1) is 10.1. The molecule has 1 aromatic rings. The van der Waals surface area contributed by atoms with Crippen LogP contribution in [0.4, 0.5) is 0 Å². The molecule has 0 saturated heterocycles. The summed E-state index contributed by atoms with van der Waals surface area (Å²) in [7, 11) is -1.30. The Morgan fingerprint density at radius 2 is 1.69 bits per heavy atom. The zero-order valence-electron chi connectivity index (χ0n) is 8.54. The van der Waals surface area contributed by atoms with E-state index in [2.05, 4.69) is 37.8 Å². The molecule has 2 heteroatoms. The molecule has 0 amide bonds. The standard InChI is InChI=1S/C11H17NSi/c1-13(2,3)11(12)9-10-7-5-4-6-8-10/h4-9H,12H2,1-3H3/b11-9+. The van der Waals surface area contributed by atoms with Crippen LogP contribution in [0.3, 0.4) is 0 Å². The van der Waals surface area contributed by atoms with Crippen molar-refractivity contribution in [3.05, 3.63) is 41.2 Å². The maximum absolute atomic E-state index is 6.01. The van der Waals surface area contributed by atoms with Gasteiger partial charge in [-0.05, 0) is 17.0 Å². The molecule has 0 spiro atoms. The van der Waals surface area contributed by atoms with E-state index in [4.69, 9.17) is 5.73 Å². The number of rotatable bonds is 2. The molecule has 0 aliphatic carbocycles. The summed E-state index contributed by atoms with van der Waals surface area (Å²) in [4.78, 5) is 0. The molecular formula is C11H17NSi. The summed E-state index contributed by atoms with van der Waals surface area (Å²) in [5.74, 6) is 0. The minimum absolute atomic E-state index is 1.05. The maximum Gasteiger partial charge on any atom is 0.0974 e. The van der Waals surface area contributed by atoms with E-state index in [-0.39, 0.29) is 0 Å². The Bertz CT molecular complexity index is 296. The van der Waals surface area contributed by atoms with Gasteiger partial charge in [0.15, 0.2) is 0 Å². The van der Waals surface area contributed by atoms with Crippen LogP contribution < -0.4 is 5.73 Å². The first-order valence-electron chi connectivity index (χ1n) is 4.53. The van der Waals surface area contributed by atoms with E-state index in [9.17, 15) is 0 Å². The highest BCUT2D eigenvalue weighted by atomic mass is 28.3. The second-order valence-electron chi connectivity index (χ2n) is 4.26. The van der Waals surface area contributed by atoms with E-state index in [0.29, 0.717) is 0 Å². The monoisotopic (exact) mass is 191 g/mol. The van der Waals surface area contributed by atoms with Crippen LogP contribution in [-0.2, 0) is 0 Å². The number of hydrogen-bond donors (Lipinski definition) is 1. The molecule has 0 radical (unpaired) electrons. The third-order valence-corrected chi connectivity index (χ3v) is 3.86. The Labute approximate surface area is 81.3 Å². The summed E-state index contributed by atoms with van der Waals surface area (Å²) in [6.07, 6.45) is 2.09. The third-order valence-electron chi connectivity index (χ3n) is 1.99. The van der Waals surface area contributed by atoms with E-state index >= 15 is 0 Å². The lowest BCUT2D eigenvalue weighted by molar-refractivity contribution is 1.46. The summed E-state index contributed by atoms with van der Waals surface area (Å²) in [5.41, 5.74) is 7.20. The molecule has 1 nitrogen and oxygen atoms in total. The minimum Gasteiger partial charge on any atom is -0.406 e. The second kappa shape index (κ2) is 3.79. The molecule has 0 fully saturated rings. The molecule has 0 saturated carbocycles. The Morgan fingerprint density at radius 3 is 2.15 bits per heavy atom. The molecule has 1 aromatic carbocycles. The van der Waals surface area contributed by atoms with Gasteiger partial charge in [-0.15, -0.1) is 0 Å². The maximum atomic E-state index is 6.01. The Balaban J connectivity index is 2.90. The summed E-state index contributed by atoms with van der Waals surface area (Å²) < 4.78 is 0. The highest BCUT2D eigenvalue weighted by Crippen LogP contribution is 2.12. The number of nitrogens with two attached hydrogens (primary N) is 1. The van der Waals surface area contributed by atoms with Gasteiger partial charge < -0.3 is 5.73 Å². The lowest BCUT2D eigenvalue weighted by Gasteiger charge is -2.16. The van der Waals surface area contributed by atoms with Crippen LogP contribution in [0.1, 0.15) is 5.56 Å². The van der Waals surface area contributed by atoms with Crippen LogP contribution in [0.5, 0.6) is 0 Å². The predicted octanol–water partition coefficient (Wildman–Crippen LogP) is 2.86. The van der Waals surface area contributed by atoms with Gasteiger partial charge in [0.1, 0.15) is 0 Å². The molecule has 0 unspecified atom stereocenters. The van der Waals surface area contributed by atoms with Crippen molar-refractivity contribution >= 4 is 14.1 Å². The molecule has 0 aliphatic heterocycles. The van der Waals surface area contributed by atoms with Crippen molar-refractivity contribution in [2.24, 2.45) is 5.73 Å². The van der Waals surface area contributed by atoms with Crippen LogP contribution in [0.25, 0.3) is 6.08 Å². The number of hydrogen-bond acceptors (Lipinski definition) is 1. The van der Waals surface area contributed by atoms with Gasteiger partial charge in [0.05, 0.1) is 8.07 Å². The predicted molar refractivity (Wildman–Crippen MR) is 62.0 cm³/mol. The second-order valence-corrected chi connectivity index (χ2v) is 9.34. The van der Waals surface area contributed by atoms with E-state index in [1.807, 2.05) is 18.2 Å². The van der Waals surface area contributed by atoms with Crippen molar-refractivity contribution in [3.8, 4) is 0 Å². The summed E-state index contributed by atoms with van der Waals surface area (Å²) in [5, 5.41) is 1.05. The largest absolute Gasteiger partial charge is 0.406 e. The Kier molecular flexibility index (Phi) is 2.93. The lowest BCUT2D eigenvalue weighted by atomic mass is 10.2. The smallest absolute Gasteiger partial charge is 0.0974 e. The first-order chi connectivity index (χ1) is 6.00. The highest BCUT2D eigenvalue weighted by molar-refractivity contribution is 6.83. The van der Waals surface area contributed by atoms with Crippen LogP contribution >= 0.6 is 0 Å². The normalized spacial score (nSPS) is 13.0. The molecular weight excluding hydrogens is 174 g/mol. The van der Waals surface area contributed by atoms with Crippen LogP contribution in [0.15, 0.2) is 35.7 Å². The Morgan fingerprint density at radius 1 is 1.15 bits per heavy atom. The molecule has 13 heavy (non-hydrogen) atoms. The van der Waals surface area contributed by atoms with Gasteiger partial charge in [-0.25, -0.2) is 0 Å². The van der Waals surface area contributed by atoms with E-state index in [1.165, 1.54) is 5.56 Å². The van der Waals surface area contributed by atoms with Crippen molar-refractivity contribution in [2.75, 3.05) is 0 Å². The average Bonchev–Trinajstić information content (AvgIpc) is 2.04. The fraction of sp³-hybridized carbons (Fsp3) is 0.273. The van der Waals surface area contributed by atoms with E-state index < -0.39 is 8.07 Å². The van der Waals surface area contributed by atoms with Crippen molar-refractivity contribution in [3.63, 3.8) is 0 Å². The topological polar surface area (TPSA) is 26.0 Å². The molecule has 0 aliphatic rings. The zero-order valence-corrected chi connectivity index (χ0v) is 9.54. The third kappa shape index (κ3) is 3.07. The molecule has 0 heterocycles. The molecule has 70 valence electrons. The van der Waals surface area contributed by atoms with Crippen molar-refractivity contribution < 1.29 is 0 Å². The minimum atomic E-state index is -1.30. The van der Waals surface area contributed by atoms with Crippen molar-refractivity contribution in [1.29, 1.82) is 0 Å². The van der Waals surface area contributed by atoms with Crippen LogP contribution in [-0.4, -0.2) is 8.07 Å². The average molecular weight is 191 g/mol. The quantitative estimate of drug-likeness (QED) is 0.715. The van der Waals surface area contributed by atoms with Gasteiger partial charge in [0.25, 0.3) is 0 Å². The van der Waals surface area contributed by atoms with E-state index in [1.54, 1.807) is 0 Å². The number of benzene rings is 1. The first-order valence-corrected chi connectivity index (χ1v) is 8.03. The summed E-state index contributed by atoms with van der Waals surface area (Å²) in [6, 6.07) is 10.2. The fourth-order valence-electron chi connectivity index (χ4n) is 0.945.